The molecule has 0 aliphatic rings. The van der Waals surface area contributed by atoms with Crippen LogP contribution in [0.4, 0.5) is 0 Å². The number of oxime groups is 1. The van der Waals surface area contributed by atoms with E-state index in [0.717, 1.165) is 5.56 Å². The second kappa shape index (κ2) is 5.13. The fraction of sp³-hybridized carbons (Fsp3) is 0.0833. The van der Waals surface area contributed by atoms with E-state index in [4.69, 9.17) is 15.7 Å². The summed E-state index contributed by atoms with van der Waals surface area (Å²) in [6.07, 6.45) is 1.48. The first-order chi connectivity index (χ1) is 8.69. The zero-order valence-electron chi connectivity index (χ0n) is 9.74. The number of nitrogens with two attached hydrogens (primary N) is 1. The lowest BCUT2D eigenvalue weighted by atomic mass is 10.2. The van der Waals surface area contributed by atoms with Crippen LogP contribution in [0.15, 0.2) is 41.7 Å². The van der Waals surface area contributed by atoms with Crippen LogP contribution in [0, 0.1) is 6.92 Å². The summed E-state index contributed by atoms with van der Waals surface area (Å²) in [6.45, 7) is 1.99. The van der Waals surface area contributed by atoms with Crippen LogP contribution in [0.25, 0.3) is 0 Å². The molecule has 0 saturated heterocycles. The Hall–Kier alpha value is -2.63. The Kier molecular flexibility index (Phi) is 3.38. The molecule has 0 bridgehead atoms. The van der Waals surface area contributed by atoms with Gasteiger partial charge in [-0.1, -0.05) is 22.9 Å². The van der Waals surface area contributed by atoms with Crippen LogP contribution in [-0.2, 0) is 0 Å². The zero-order valence-corrected chi connectivity index (χ0v) is 9.74. The van der Waals surface area contributed by atoms with Crippen molar-refractivity contribution in [2.24, 2.45) is 10.9 Å². The second-order valence-electron chi connectivity index (χ2n) is 3.62. The quantitative estimate of drug-likeness (QED) is 0.371. The number of nitrogens with zero attached hydrogens (tertiary/aromatic N) is 3. The van der Waals surface area contributed by atoms with E-state index in [2.05, 4.69) is 15.1 Å². The Labute approximate surface area is 104 Å². The molecule has 0 aliphatic heterocycles. The van der Waals surface area contributed by atoms with Gasteiger partial charge >= 0.3 is 6.01 Å². The molecule has 18 heavy (non-hydrogen) atoms. The molecule has 2 rings (SSSR count). The van der Waals surface area contributed by atoms with Crippen molar-refractivity contribution in [2.45, 2.75) is 6.92 Å². The van der Waals surface area contributed by atoms with Gasteiger partial charge in [0.05, 0.1) is 0 Å². The highest BCUT2D eigenvalue weighted by Crippen LogP contribution is 2.17. The number of aromatic nitrogens is 2. The van der Waals surface area contributed by atoms with E-state index >= 15 is 0 Å². The summed E-state index contributed by atoms with van der Waals surface area (Å²) in [5.74, 6) is 0.531. The van der Waals surface area contributed by atoms with Crippen LogP contribution in [-0.4, -0.2) is 21.0 Å². The summed E-state index contributed by atoms with van der Waals surface area (Å²) in [6, 6.07) is 9.13. The third-order valence-electron chi connectivity index (χ3n) is 2.23. The van der Waals surface area contributed by atoms with E-state index < -0.39 is 0 Å². The van der Waals surface area contributed by atoms with E-state index in [-0.39, 0.29) is 11.8 Å². The van der Waals surface area contributed by atoms with Gasteiger partial charge < -0.3 is 15.7 Å². The van der Waals surface area contributed by atoms with Gasteiger partial charge in [0.1, 0.15) is 11.4 Å². The Morgan fingerprint density at radius 3 is 2.67 bits per heavy atom. The minimum Gasteiger partial charge on any atom is -0.424 e. The van der Waals surface area contributed by atoms with Crippen molar-refractivity contribution in [3.63, 3.8) is 0 Å². The maximum absolute atomic E-state index is 8.56. The van der Waals surface area contributed by atoms with Crippen molar-refractivity contribution >= 4 is 5.84 Å². The predicted molar refractivity (Wildman–Crippen MR) is 65.8 cm³/mol. The van der Waals surface area contributed by atoms with Gasteiger partial charge in [0.15, 0.2) is 5.84 Å². The molecular weight excluding hydrogens is 232 g/mol. The van der Waals surface area contributed by atoms with Crippen molar-refractivity contribution in [3.8, 4) is 11.8 Å². The Balaban J connectivity index is 2.22. The van der Waals surface area contributed by atoms with Crippen molar-refractivity contribution < 1.29 is 9.94 Å². The average molecular weight is 244 g/mol. The average Bonchev–Trinajstić information content (AvgIpc) is 2.41. The van der Waals surface area contributed by atoms with Crippen LogP contribution in [0.3, 0.4) is 0 Å². The molecule has 6 nitrogen and oxygen atoms in total. The van der Waals surface area contributed by atoms with Crippen molar-refractivity contribution in [1.29, 1.82) is 0 Å². The third kappa shape index (κ3) is 2.73. The van der Waals surface area contributed by atoms with Gasteiger partial charge in [0.25, 0.3) is 0 Å². The molecule has 1 heterocycles. The van der Waals surface area contributed by atoms with Crippen molar-refractivity contribution in [1.82, 2.24) is 9.97 Å². The Bertz CT molecular complexity index is 567. The molecule has 0 atom stereocenters. The second-order valence-corrected chi connectivity index (χ2v) is 3.62. The van der Waals surface area contributed by atoms with Crippen LogP contribution >= 0.6 is 0 Å². The molecule has 0 amide bonds. The zero-order chi connectivity index (χ0) is 13.0. The van der Waals surface area contributed by atoms with Crippen LogP contribution in [0.5, 0.6) is 11.8 Å². The molecule has 1 aromatic heterocycles. The van der Waals surface area contributed by atoms with Gasteiger partial charge in [-0.15, -0.1) is 0 Å². The molecule has 6 heteroatoms. The molecule has 0 unspecified atom stereocenters. The molecule has 92 valence electrons. The van der Waals surface area contributed by atoms with Gasteiger partial charge in [-0.2, -0.15) is 4.98 Å². The summed E-state index contributed by atoms with van der Waals surface area (Å²) >= 11 is 0. The van der Waals surface area contributed by atoms with Gasteiger partial charge in [0, 0.05) is 6.20 Å². The lowest BCUT2D eigenvalue weighted by Gasteiger charge is -2.04. The molecule has 0 spiro atoms. The van der Waals surface area contributed by atoms with Crippen LogP contribution < -0.4 is 10.5 Å². The van der Waals surface area contributed by atoms with Gasteiger partial charge in [-0.25, -0.2) is 4.98 Å². The summed E-state index contributed by atoms with van der Waals surface area (Å²) in [5.41, 5.74) is 6.86. The fourth-order valence-electron chi connectivity index (χ4n) is 1.30. The highest BCUT2D eigenvalue weighted by Gasteiger charge is 2.05. The van der Waals surface area contributed by atoms with Gasteiger partial charge in [-0.3, -0.25) is 0 Å². The standard InChI is InChI=1S/C12H12N4O2/c1-8-2-4-9(5-3-8)18-12-14-7-6-10(15-12)11(13)16-17/h2-7,17H,1H3,(H2,13,16). The third-order valence-corrected chi connectivity index (χ3v) is 2.23. The largest absolute Gasteiger partial charge is 0.424 e. The number of benzene rings is 1. The monoisotopic (exact) mass is 244 g/mol. The molecular formula is C12H12N4O2. The minimum absolute atomic E-state index is 0.0915. The van der Waals surface area contributed by atoms with Crippen LogP contribution in [0.1, 0.15) is 11.3 Å². The predicted octanol–water partition coefficient (Wildman–Crippen LogP) is 1.67. The first kappa shape index (κ1) is 11.8. The number of ether oxygens (including phenoxy) is 1. The summed E-state index contributed by atoms with van der Waals surface area (Å²) < 4.78 is 5.45. The normalized spacial score (nSPS) is 11.3. The van der Waals surface area contributed by atoms with Gasteiger partial charge in [0.2, 0.25) is 0 Å². The molecule has 0 radical (unpaired) electrons. The topological polar surface area (TPSA) is 93.6 Å². The number of hydrogen-bond donors (Lipinski definition) is 2. The van der Waals surface area contributed by atoms with Crippen LogP contribution in [0.2, 0.25) is 0 Å². The van der Waals surface area contributed by atoms with E-state index in [1.54, 1.807) is 0 Å². The molecule has 0 aliphatic carbocycles. The lowest BCUT2D eigenvalue weighted by molar-refractivity contribution is 0.318. The maximum Gasteiger partial charge on any atom is 0.322 e. The summed E-state index contributed by atoms with van der Waals surface area (Å²) in [5, 5.41) is 11.4. The lowest BCUT2D eigenvalue weighted by Crippen LogP contribution is -2.15. The highest BCUT2D eigenvalue weighted by molar-refractivity contribution is 5.95. The van der Waals surface area contributed by atoms with Crippen molar-refractivity contribution in [3.05, 3.63) is 47.8 Å². The van der Waals surface area contributed by atoms with Gasteiger partial charge in [-0.05, 0) is 25.1 Å². The highest BCUT2D eigenvalue weighted by atomic mass is 16.5. The molecule has 3 N–H and O–H groups in total. The molecule has 0 saturated carbocycles. The Morgan fingerprint density at radius 2 is 2.00 bits per heavy atom. The number of hydrogen-bond acceptors (Lipinski definition) is 5. The first-order valence-electron chi connectivity index (χ1n) is 5.24. The van der Waals surface area contributed by atoms with E-state index in [1.165, 1.54) is 12.3 Å². The number of rotatable bonds is 3. The smallest absolute Gasteiger partial charge is 0.322 e. The molecule has 1 aromatic carbocycles. The van der Waals surface area contributed by atoms with E-state index in [9.17, 15) is 0 Å². The minimum atomic E-state index is -0.0915. The Morgan fingerprint density at radius 1 is 1.28 bits per heavy atom. The summed E-state index contributed by atoms with van der Waals surface area (Å²) in [4.78, 5) is 7.96. The number of aryl methyl sites for hydroxylation is 1. The fourth-order valence-corrected chi connectivity index (χ4v) is 1.30. The molecule has 0 fully saturated rings. The maximum atomic E-state index is 8.56. The van der Waals surface area contributed by atoms with E-state index in [0.29, 0.717) is 11.4 Å². The SMILES string of the molecule is Cc1ccc(Oc2nccc(/C(N)=N/O)n2)cc1. The molecule has 2 aromatic rings. The van der Waals surface area contributed by atoms with Crippen molar-refractivity contribution in [2.75, 3.05) is 0 Å². The van der Waals surface area contributed by atoms with E-state index in [1.807, 2.05) is 31.2 Å². The summed E-state index contributed by atoms with van der Waals surface area (Å²) in [7, 11) is 0. The number of amidine groups is 1. The first-order valence-corrected chi connectivity index (χ1v) is 5.24.